The van der Waals surface area contributed by atoms with Crippen LogP contribution in [-0.2, 0) is 4.79 Å². The number of nitrogens with zero attached hydrogens (tertiary/aromatic N) is 4. The van der Waals surface area contributed by atoms with Gasteiger partial charge in [-0.15, -0.1) is 5.10 Å². The molecule has 2 N–H and O–H groups in total. The highest BCUT2D eigenvalue weighted by Gasteiger charge is 2.13. The minimum absolute atomic E-state index is 0.0769. The van der Waals surface area contributed by atoms with E-state index < -0.39 is 10.9 Å². The third kappa shape index (κ3) is 5.65. The Morgan fingerprint density at radius 3 is 2.73 bits per heavy atom. The Bertz CT molecular complexity index is 789. The van der Waals surface area contributed by atoms with E-state index in [1.807, 2.05) is 0 Å². The Labute approximate surface area is 149 Å². The zero-order valence-corrected chi connectivity index (χ0v) is 14.0. The molecule has 1 aromatic carbocycles. The SMILES string of the molecule is O=C(O)CCCCCCNC(=O)c1cn(-c2cccc([N+](=O)[O-])c2)nn1. The molecule has 0 spiro atoms. The number of carboxylic acids is 1. The number of aliphatic carboxylic acids is 1. The smallest absolute Gasteiger partial charge is 0.303 e. The van der Waals surface area contributed by atoms with Gasteiger partial charge < -0.3 is 10.4 Å². The lowest BCUT2D eigenvalue weighted by molar-refractivity contribution is -0.384. The van der Waals surface area contributed by atoms with E-state index in [1.54, 1.807) is 6.07 Å². The van der Waals surface area contributed by atoms with Crippen molar-refractivity contribution in [1.82, 2.24) is 20.3 Å². The van der Waals surface area contributed by atoms with Crippen LogP contribution in [0.15, 0.2) is 30.5 Å². The molecule has 2 aromatic rings. The van der Waals surface area contributed by atoms with E-state index in [2.05, 4.69) is 15.6 Å². The van der Waals surface area contributed by atoms with Gasteiger partial charge in [-0.3, -0.25) is 19.7 Å². The third-order valence-corrected chi connectivity index (χ3v) is 3.63. The number of aromatic nitrogens is 3. The molecule has 26 heavy (non-hydrogen) atoms. The van der Waals surface area contributed by atoms with Crippen molar-refractivity contribution in [1.29, 1.82) is 0 Å². The molecule has 2 rings (SSSR count). The van der Waals surface area contributed by atoms with E-state index in [1.165, 1.54) is 29.1 Å². The number of nitrogens with one attached hydrogen (secondary N) is 1. The van der Waals surface area contributed by atoms with Crippen LogP contribution >= 0.6 is 0 Å². The number of non-ortho nitro benzene ring substituents is 1. The fourth-order valence-corrected chi connectivity index (χ4v) is 2.29. The Balaban J connectivity index is 1.81. The zero-order chi connectivity index (χ0) is 18.9. The molecule has 0 saturated heterocycles. The van der Waals surface area contributed by atoms with Crippen LogP contribution < -0.4 is 5.32 Å². The second kappa shape index (κ2) is 9.25. The molecule has 10 heteroatoms. The van der Waals surface area contributed by atoms with Gasteiger partial charge in [0, 0.05) is 25.1 Å². The molecule has 0 radical (unpaired) electrons. The largest absolute Gasteiger partial charge is 0.481 e. The van der Waals surface area contributed by atoms with Gasteiger partial charge in [-0.1, -0.05) is 24.1 Å². The first kappa shape index (κ1) is 19.0. The third-order valence-electron chi connectivity index (χ3n) is 3.63. The van der Waals surface area contributed by atoms with Gasteiger partial charge in [0.25, 0.3) is 11.6 Å². The van der Waals surface area contributed by atoms with Crippen LogP contribution in [0.1, 0.15) is 42.6 Å². The van der Waals surface area contributed by atoms with Crippen LogP contribution in [0.3, 0.4) is 0 Å². The molecule has 1 heterocycles. The first-order valence-electron chi connectivity index (χ1n) is 8.14. The Kier molecular flexibility index (Phi) is 6.77. The number of hydrogen-bond acceptors (Lipinski definition) is 6. The summed E-state index contributed by atoms with van der Waals surface area (Å²) in [6, 6.07) is 5.86. The van der Waals surface area contributed by atoms with Crippen molar-refractivity contribution >= 4 is 17.6 Å². The maximum atomic E-state index is 12.0. The van der Waals surface area contributed by atoms with Crippen molar-refractivity contribution in [3.63, 3.8) is 0 Å². The average molecular weight is 361 g/mol. The molecule has 0 saturated carbocycles. The molecule has 0 fully saturated rings. The first-order valence-corrected chi connectivity index (χ1v) is 8.14. The van der Waals surface area contributed by atoms with Crippen molar-refractivity contribution in [2.24, 2.45) is 0 Å². The number of benzene rings is 1. The summed E-state index contributed by atoms with van der Waals surface area (Å²) in [6.07, 6.45) is 4.55. The van der Waals surface area contributed by atoms with E-state index in [0.717, 1.165) is 19.3 Å². The van der Waals surface area contributed by atoms with Crippen LogP contribution in [0, 0.1) is 10.1 Å². The Morgan fingerprint density at radius 1 is 1.23 bits per heavy atom. The number of carbonyl (C=O) groups is 2. The van der Waals surface area contributed by atoms with Crippen molar-refractivity contribution in [3.05, 3.63) is 46.3 Å². The van der Waals surface area contributed by atoms with Gasteiger partial charge in [-0.25, -0.2) is 4.68 Å². The van der Waals surface area contributed by atoms with Crippen LogP contribution in [0.5, 0.6) is 0 Å². The number of nitro groups is 1. The normalized spacial score (nSPS) is 10.5. The van der Waals surface area contributed by atoms with E-state index in [9.17, 15) is 19.7 Å². The standard InChI is InChI=1S/C16H19N5O5/c22-15(23)8-3-1-2-4-9-17-16(24)14-11-20(19-18-14)12-6-5-7-13(10-12)21(25)26/h5-7,10-11H,1-4,8-9H2,(H,17,24)(H,22,23). The zero-order valence-electron chi connectivity index (χ0n) is 14.0. The van der Waals surface area contributed by atoms with Crippen LogP contribution in [0.4, 0.5) is 5.69 Å². The number of hydrogen-bond donors (Lipinski definition) is 2. The van der Waals surface area contributed by atoms with Crippen molar-refractivity contribution in [2.75, 3.05) is 6.54 Å². The fourth-order valence-electron chi connectivity index (χ4n) is 2.29. The van der Waals surface area contributed by atoms with Crippen molar-refractivity contribution in [3.8, 4) is 5.69 Å². The van der Waals surface area contributed by atoms with Crippen LogP contribution in [0.25, 0.3) is 5.69 Å². The molecule has 0 aliphatic rings. The summed E-state index contributed by atoms with van der Waals surface area (Å²) in [4.78, 5) is 32.7. The highest BCUT2D eigenvalue weighted by atomic mass is 16.6. The maximum absolute atomic E-state index is 12.0. The Morgan fingerprint density at radius 2 is 2.00 bits per heavy atom. The molecule has 0 bridgehead atoms. The molecular formula is C16H19N5O5. The lowest BCUT2D eigenvalue weighted by Gasteiger charge is -2.02. The molecule has 10 nitrogen and oxygen atoms in total. The highest BCUT2D eigenvalue weighted by molar-refractivity contribution is 5.91. The monoisotopic (exact) mass is 361 g/mol. The number of amides is 1. The number of carboxylic acid groups (broad SMARTS) is 1. The molecule has 0 aliphatic heterocycles. The number of nitro benzene ring substituents is 1. The maximum Gasteiger partial charge on any atom is 0.303 e. The summed E-state index contributed by atoms with van der Waals surface area (Å²) in [5.41, 5.74) is 0.471. The summed E-state index contributed by atoms with van der Waals surface area (Å²) in [6.45, 7) is 0.454. The van der Waals surface area contributed by atoms with Gasteiger partial charge in [-0.05, 0) is 18.9 Å². The quantitative estimate of drug-likeness (QED) is 0.374. The average Bonchev–Trinajstić information content (AvgIpc) is 3.11. The van der Waals surface area contributed by atoms with E-state index in [0.29, 0.717) is 18.7 Å². The van der Waals surface area contributed by atoms with E-state index in [-0.39, 0.29) is 23.7 Å². The topological polar surface area (TPSA) is 140 Å². The molecule has 138 valence electrons. The van der Waals surface area contributed by atoms with Gasteiger partial charge in [0.05, 0.1) is 16.8 Å². The summed E-state index contributed by atoms with van der Waals surface area (Å²) >= 11 is 0. The molecule has 0 unspecified atom stereocenters. The van der Waals surface area contributed by atoms with Crippen molar-refractivity contribution < 1.29 is 19.6 Å². The summed E-state index contributed by atoms with van der Waals surface area (Å²) < 4.78 is 1.30. The number of unbranched alkanes of at least 4 members (excludes halogenated alkanes) is 3. The van der Waals surface area contributed by atoms with Gasteiger partial charge >= 0.3 is 5.97 Å². The van der Waals surface area contributed by atoms with Gasteiger partial charge in [-0.2, -0.15) is 0 Å². The summed E-state index contributed by atoms with van der Waals surface area (Å²) in [5, 5.41) is 29.7. The molecule has 1 aromatic heterocycles. The predicted octanol–water partition coefficient (Wildman–Crippen LogP) is 1.94. The minimum Gasteiger partial charge on any atom is -0.481 e. The van der Waals surface area contributed by atoms with Gasteiger partial charge in [0.15, 0.2) is 5.69 Å². The predicted molar refractivity (Wildman–Crippen MR) is 91.1 cm³/mol. The summed E-state index contributed by atoms with van der Waals surface area (Å²) in [7, 11) is 0. The molecular weight excluding hydrogens is 342 g/mol. The minimum atomic E-state index is -0.801. The van der Waals surface area contributed by atoms with Gasteiger partial charge in [0.2, 0.25) is 0 Å². The first-order chi connectivity index (χ1) is 12.5. The Hall–Kier alpha value is -3.30. The lowest BCUT2D eigenvalue weighted by Crippen LogP contribution is -2.24. The van der Waals surface area contributed by atoms with Crippen LogP contribution in [0.2, 0.25) is 0 Å². The summed E-state index contributed by atoms with van der Waals surface area (Å²) in [5.74, 6) is -1.18. The molecule has 0 atom stereocenters. The number of rotatable bonds is 10. The van der Waals surface area contributed by atoms with E-state index in [4.69, 9.17) is 5.11 Å². The van der Waals surface area contributed by atoms with Crippen molar-refractivity contribution in [2.45, 2.75) is 32.1 Å². The highest BCUT2D eigenvalue weighted by Crippen LogP contribution is 2.16. The lowest BCUT2D eigenvalue weighted by atomic mass is 10.1. The van der Waals surface area contributed by atoms with Gasteiger partial charge in [0.1, 0.15) is 0 Å². The fraction of sp³-hybridized carbons (Fsp3) is 0.375. The molecule has 0 aliphatic carbocycles. The second-order valence-electron chi connectivity index (χ2n) is 5.64. The molecule has 1 amide bonds. The number of carbonyl (C=O) groups excluding carboxylic acids is 1. The van der Waals surface area contributed by atoms with E-state index >= 15 is 0 Å². The second-order valence-corrected chi connectivity index (χ2v) is 5.64. The van der Waals surface area contributed by atoms with Crippen LogP contribution in [-0.4, -0.2) is 43.4 Å².